The van der Waals surface area contributed by atoms with Gasteiger partial charge in [0.05, 0.1) is 27.3 Å². The third-order valence-corrected chi connectivity index (χ3v) is 6.98. The number of nitrogens with one attached hydrogen (secondary N) is 3. The van der Waals surface area contributed by atoms with Crippen molar-refractivity contribution in [1.82, 2.24) is 20.9 Å². The summed E-state index contributed by atoms with van der Waals surface area (Å²) < 4.78 is 15.6. The highest BCUT2D eigenvalue weighted by Crippen LogP contribution is 2.17. The predicted octanol–water partition coefficient (Wildman–Crippen LogP) is 1.33. The lowest BCUT2D eigenvalue weighted by atomic mass is 9.75. The van der Waals surface area contributed by atoms with Gasteiger partial charge in [-0.25, -0.2) is 4.98 Å². The Morgan fingerprint density at radius 3 is 1.84 bits per heavy atom. The number of rotatable bonds is 15. The summed E-state index contributed by atoms with van der Waals surface area (Å²) in [5.74, 6) is -1.80. The first-order valence-corrected chi connectivity index (χ1v) is 14.1. The summed E-state index contributed by atoms with van der Waals surface area (Å²) in [4.78, 5) is 44.4. The normalized spacial score (nSPS) is 12.8. The van der Waals surface area contributed by atoms with E-state index in [0.29, 0.717) is 11.5 Å². The highest BCUT2D eigenvalue weighted by molar-refractivity contribution is 6.43. The minimum absolute atomic E-state index is 0.000935. The number of hydrogen-bond donors (Lipinski definition) is 5. The molecule has 0 aliphatic heterocycles. The van der Waals surface area contributed by atoms with Crippen LogP contribution in [0.25, 0.3) is 0 Å². The van der Waals surface area contributed by atoms with Crippen molar-refractivity contribution in [1.29, 1.82) is 0 Å². The summed E-state index contributed by atoms with van der Waals surface area (Å²) in [6.45, 7) is 3.49. The largest absolute Gasteiger partial charge is 0.497 e. The molecule has 0 saturated heterocycles. The van der Waals surface area contributed by atoms with Crippen LogP contribution in [0.1, 0.15) is 35.5 Å². The van der Waals surface area contributed by atoms with Gasteiger partial charge in [-0.15, -0.1) is 0 Å². The van der Waals surface area contributed by atoms with Gasteiger partial charge in [-0.1, -0.05) is 38.1 Å². The van der Waals surface area contributed by atoms with Crippen LogP contribution in [-0.4, -0.2) is 79.2 Å². The second-order valence-corrected chi connectivity index (χ2v) is 10.4. The van der Waals surface area contributed by atoms with Crippen LogP contribution in [0, 0.1) is 5.92 Å². The van der Waals surface area contributed by atoms with Crippen LogP contribution in [0.5, 0.6) is 17.2 Å². The van der Waals surface area contributed by atoms with Crippen LogP contribution in [0.2, 0.25) is 0 Å². The van der Waals surface area contributed by atoms with Crippen LogP contribution in [0.4, 0.5) is 0 Å². The Morgan fingerprint density at radius 1 is 0.773 bits per heavy atom. The van der Waals surface area contributed by atoms with Crippen molar-refractivity contribution in [3.8, 4) is 17.2 Å². The van der Waals surface area contributed by atoms with E-state index in [0.717, 1.165) is 11.1 Å². The Morgan fingerprint density at radius 2 is 1.34 bits per heavy atom. The van der Waals surface area contributed by atoms with Gasteiger partial charge in [0.15, 0.2) is 5.69 Å². The molecule has 3 atom stereocenters. The summed E-state index contributed by atoms with van der Waals surface area (Å²) in [5.41, 5.74) is 1.47. The number of hydrogen-bond acceptors (Lipinski definition) is 9. The second kappa shape index (κ2) is 16.3. The van der Waals surface area contributed by atoms with Crippen molar-refractivity contribution in [3.63, 3.8) is 0 Å². The number of nitrogens with zero attached hydrogens (tertiary/aromatic N) is 1. The maximum Gasteiger partial charge on any atom is 0.475 e. The smallest absolute Gasteiger partial charge is 0.475 e. The Balaban J connectivity index is 1.80. The first-order valence-electron chi connectivity index (χ1n) is 14.1. The molecule has 3 amide bonds. The van der Waals surface area contributed by atoms with Gasteiger partial charge < -0.3 is 40.2 Å². The number of ether oxygens (including phenoxy) is 3. The van der Waals surface area contributed by atoms with Crippen LogP contribution >= 0.6 is 0 Å². The summed E-state index contributed by atoms with van der Waals surface area (Å²) in [6.07, 6.45) is 1.65. The number of carbonyl (C=O) groups is 3. The maximum absolute atomic E-state index is 13.7. The summed E-state index contributed by atoms with van der Waals surface area (Å²) in [5, 5.41) is 28.2. The van der Waals surface area contributed by atoms with Crippen molar-refractivity contribution in [3.05, 3.63) is 83.7 Å². The first-order chi connectivity index (χ1) is 21.1. The van der Waals surface area contributed by atoms with E-state index in [1.54, 1.807) is 81.6 Å². The van der Waals surface area contributed by atoms with Crippen molar-refractivity contribution in [2.45, 2.75) is 44.7 Å². The molecule has 1 heterocycles. The Hall–Kier alpha value is -4.62. The zero-order valence-corrected chi connectivity index (χ0v) is 25.4. The molecular formula is C31H39BN4O8. The second-order valence-electron chi connectivity index (χ2n) is 10.4. The van der Waals surface area contributed by atoms with Crippen molar-refractivity contribution in [2.24, 2.45) is 5.92 Å². The molecule has 3 aromatic rings. The molecule has 0 aliphatic rings. The van der Waals surface area contributed by atoms with Gasteiger partial charge in [0.25, 0.3) is 5.91 Å². The van der Waals surface area contributed by atoms with Gasteiger partial charge in [-0.2, -0.15) is 0 Å². The predicted molar refractivity (Wildman–Crippen MR) is 164 cm³/mol. The van der Waals surface area contributed by atoms with Gasteiger partial charge in [-0.05, 0) is 59.9 Å². The molecule has 3 rings (SSSR count). The van der Waals surface area contributed by atoms with E-state index in [1.165, 1.54) is 20.4 Å². The molecule has 13 heteroatoms. The number of pyridine rings is 1. The average Bonchev–Trinajstić information content (AvgIpc) is 3.03. The minimum atomic E-state index is -1.86. The summed E-state index contributed by atoms with van der Waals surface area (Å²) in [7, 11) is 2.63. The molecule has 12 nitrogen and oxygen atoms in total. The number of aromatic nitrogens is 1. The summed E-state index contributed by atoms with van der Waals surface area (Å²) >= 11 is 0. The highest BCUT2D eigenvalue weighted by Gasteiger charge is 2.33. The molecule has 0 bridgehead atoms. The first kappa shape index (κ1) is 33.9. The monoisotopic (exact) mass is 606 g/mol. The van der Waals surface area contributed by atoms with Gasteiger partial charge in [0.1, 0.15) is 29.3 Å². The quantitative estimate of drug-likeness (QED) is 0.160. The molecule has 0 saturated carbocycles. The SMILES string of the molecule is COc1ccc(C[C@H](NC(=O)[C@@H](NC(=O)[C@H](Cc2ccc(OC)cc2)NC(=O)c2ncccc2OC)C(C)C)B(O)O)cc1. The van der Waals surface area contributed by atoms with Gasteiger partial charge in [0, 0.05) is 12.6 Å². The molecule has 0 radical (unpaired) electrons. The van der Waals surface area contributed by atoms with E-state index < -0.39 is 42.9 Å². The van der Waals surface area contributed by atoms with E-state index in [9.17, 15) is 24.4 Å². The lowest BCUT2D eigenvalue weighted by Crippen LogP contribution is -2.59. The van der Waals surface area contributed by atoms with Crippen molar-refractivity contribution >= 4 is 24.8 Å². The van der Waals surface area contributed by atoms with Crippen LogP contribution in [-0.2, 0) is 22.4 Å². The number of methoxy groups -OCH3 is 3. The Labute approximate surface area is 257 Å². The third-order valence-electron chi connectivity index (χ3n) is 6.98. The van der Waals surface area contributed by atoms with E-state index >= 15 is 0 Å². The number of benzene rings is 2. The number of carbonyl (C=O) groups excluding carboxylic acids is 3. The Bertz CT molecular complexity index is 1390. The van der Waals surface area contributed by atoms with E-state index in [-0.39, 0.29) is 30.2 Å². The van der Waals surface area contributed by atoms with Crippen LogP contribution in [0.3, 0.4) is 0 Å². The molecule has 2 aromatic carbocycles. The fourth-order valence-corrected chi connectivity index (χ4v) is 4.47. The molecule has 44 heavy (non-hydrogen) atoms. The van der Waals surface area contributed by atoms with Crippen molar-refractivity contribution in [2.75, 3.05) is 21.3 Å². The highest BCUT2D eigenvalue weighted by atomic mass is 16.5. The van der Waals surface area contributed by atoms with Crippen LogP contribution < -0.4 is 30.2 Å². The topological polar surface area (TPSA) is 168 Å². The zero-order chi connectivity index (χ0) is 32.2. The molecule has 0 aliphatic carbocycles. The molecule has 234 valence electrons. The fourth-order valence-electron chi connectivity index (χ4n) is 4.47. The van der Waals surface area contributed by atoms with Gasteiger partial charge >= 0.3 is 7.12 Å². The molecule has 0 spiro atoms. The fraction of sp³-hybridized carbons (Fsp3) is 0.355. The maximum atomic E-state index is 13.7. The summed E-state index contributed by atoms with van der Waals surface area (Å²) in [6, 6.07) is 15.0. The van der Waals surface area contributed by atoms with Gasteiger partial charge in [0.2, 0.25) is 11.8 Å². The lowest BCUT2D eigenvalue weighted by molar-refractivity contribution is -0.131. The number of amides is 3. The van der Waals surface area contributed by atoms with Crippen LogP contribution in [0.15, 0.2) is 66.9 Å². The molecule has 1 aromatic heterocycles. The van der Waals surface area contributed by atoms with E-state index in [4.69, 9.17) is 14.2 Å². The standard InChI is InChI=1S/C31H39BN4O8/c1-19(2)27(30(38)35-26(32(40)41)18-21-10-14-23(43-4)15-11-21)36-29(37)24(17-20-8-12-22(42-3)13-9-20)34-31(39)28-25(44-5)7-6-16-33-28/h6-16,19,24,26-27,40-41H,17-18H2,1-5H3,(H,34,39)(H,35,38)(H,36,37)/t24-,26-,27-/m0/s1. The van der Waals surface area contributed by atoms with E-state index in [1.807, 2.05) is 0 Å². The van der Waals surface area contributed by atoms with E-state index in [2.05, 4.69) is 20.9 Å². The minimum Gasteiger partial charge on any atom is -0.497 e. The average molecular weight is 606 g/mol. The van der Waals surface area contributed by atoms with Crippen molar-refractivity contribution < 1.29 is 38.6 Å². The Kier molecular flexibility index (Phi) is 12.5. The van der Waals surface area contributed by atoms with Gasteiger partial charge in [-0.3, -0.25) is 14.4 Å². The zero-order valence-electron chi connectivity index (χ0n) is 25.4. The lowest BCUT2D eigenvalue weighted by Gasteiger charge is -2.27. The molecule has 5 N–H and O–H groups in total. The molecule has 0 fully saturated rings. The molecule has 0 unspecified atom stereocenters. The molecular weight excluding hydrogens is 567 g/mol. The third kappa shape index (κ3) is 9.45.